The molecule has 0 unspecified atom stereocenters. The lowest BCUT2D eigenvalue weighted by atomic mass is 9.78. The number of carbonyl (C=O) groups excluding carboxylic acids is 1. The van der Waals surface area contributed by atoms with Crippen molar-refractivity contribution in [2.24, 2.45) is 0 Å². The first kappa shape index (κ1) is 12.9. The van der Waals surface area contributed by atoms with Gasteiger partial charge in [0.25, 0.3) is 5.91 Å². The van der Waals surface area contributed by atoms with Crippen LogP contribution in [0.4, 0.5) is 5.69 Å². The smallest absolute Gasteiger partial charge is 0.258 e. The monoisotopic (exact) mass is 282 g/mol. The van der Waals surface area contributed by atoms with E-state index < -0.39 is 0 Å². The Bertz CT molecular complexity index is 724. The Kier molecular flexibility index (Phi) is 2.88. The van der Waals surface area contributed by atoms with E-state index in [0.717, 1.165) is 16.8 Å². The molecule has 0 radical (unpaired) electrons. The minimum Gasteiger partial charge on any atom is -0.307 e. The van der Waals surface area contributed by atoms with E-state index in [4.69, 9.17) is 5.26 Å². The molecule has 3 nitrogen and oxygen atoms in total. The molecule has 4 heteroatoms. The molecule has 0 N–H and O–H groups in total. The Morgan fingerprint density at radius 1 is 1.35 bits per heavy atom. The van der Waals surface area contributed by atoms with Gasteiger partial charge < -0.3 is 4.90 Å². The van der Waals surface area contributed by atoms with Crippen molar-refractivity contribution in [1.82, 2.24) is 0 Å². The Hall–Kier alpha value is -2.12. The predicted molar refractivity (Wildman–Crippen MR) is 80.2 cm³/mol. The van der Waals surface area contributed by atoms with Crippen molar-refractivity contribution in [3.8, 4) is 6.07 Å². The van der Waals surface area contributed by atoms with Gasteiger partial charge in [0.2, 0.25) is 0 Å². The first-order valence-corrected chi connectivity index (χ1v) is 7.31. The van der Waals surface area contributed by atoms with Crippen molar-refractivity contribution < 1.29 is 4.79 Å². The Morgan fingerprint density at radius 2 is 2.10 bits per heavy atom. The zero-order valence-electron chi connectivity index (χ0n) is 11.4. The molecule has 1 aromatic heterocycles. The lowest BCUT2D eigenvalue weighted by molar-refractivity contribution is 0.0969. The van der Waals surface area contributed by atoms with Gasteiger partial charge in [0, 0.05) is 22.9 Å². The topological polar surface area (TPSA) is 44.1 Å². The summed E-state index contributed by atoms with van der Waals surface area (Å²) in [4.78, 5) is 15.1. The molecule has 1 aliphatic heterocycles. The van der Waals surface area contributed by atoms with Crippen LogP contribution < -0.4 is 4.90 Å². The number of nitriles is 1. The molecule has 0 spiro atoms. The maximum atomic E-state index is 12.7. The minimum atomic E-state index is -0.0980. The molecule has 100 valence electrons. The molecule has 0 saturated heterocycles. The van der Waals surface area contributed by atoms with Gasteiger partial charge in [-0.25, -0.2) is 0 Å². The van der Waals surface area contributed by atoms with Crippen LogP contribution in [-0.2, 0) is 5.41 Å². The molecule has 0 bridgehead atoms. The van der Waals surface area contributed by atoms with Gasteiger partial charge in [-0.15, -0.1) is 11.3 Å². The summed E-state index contributed by atoms with van der Waals surface area (Å²) in [5.74, 6) is 0.0159. The summed E-state index contributed by atoms with van der Waals surface area (Å²) in [5.41, 5.74) is 2.57. The summed E-state index contributed by atoms with van der Waals surface area (Å²) < 4.78 is 0. The molecule has 0 atom stereocenters. The summed E-state index contributed by atoms with van der Waals surface area (Å²) >= 11 is 1.37. The number of fused-ring (bicyclic) bond motifs is 1. The van der Waals surface area contributed by atoms with Crippen LogP contribution in [-0.4, -0.2) is 12.5 Å². The summed E-state index contributed by atoms with van der Waals surface area (Å²) in [5, 5.41) is 10.8. The zero-order valence-corrected chi connectivity index (χ0v) is 12.2. The third-order valence-electron chi connectivity index (χ3n) is 3.69. The number of hydrogen-bond acceptors (Lipinski definition) is 3. The fourth-order valence-corrected chi connectivity index (χ4v) is 3.38. The third-order valence-corrected chi connectivity index (χ3v) is 4.52. The SMILES string of the molecule is CC1(C)CN(c2csc(C#N)c2)C(=O)c2ccccc21. The summed E-state index contributed by atoms with van der Waals surface area (Å²) in [6.07, 6.45) is 0. The fourth-order valence-electron chi connectivity index (χ4n) is 2.69. The first-order chi connectivity index (χ1) is 9.53. The molecule has 1 amide bonds. The van der Waals surface area contributed by atoms with E-state index in [2.05, 4.69) is 19.9 Å². The Balaban J connectivity index is 2.09. The van der Waals surface area contributed by atoms with Gasteiger partial charge in [-0.1, -0.05) is 32.0 Å². The molecule has 3 rings (SSSR count). The zero-order chi connectivity index (χ0) is 14.3. The highest BCUT2D eigenvalue weighted by Gasteiger charge is 2.37. The van der Waals surface area contributed by atoms with Gasteiger partial charge in [-0.2, -0.15) is 5.26 Å². The maximum Gasteiger partial charge on any atom is 0.258 e. The molecule has 1 aliphatic rings. The van der Waals surface area contributed by atoms with Gasteiger partial charge in [0.05, 0.1) is 5.69 Å². The number of benzene rings is 1. The van der Waals surface area contributed by atoms with E-state index in [1.165, 1.54) is 11.3 Å². The molecule has 0 aliphatic carbocycles. The lowest BCUT2D eigenvalue weighted by Crippen LogP contribution is -2.46. The molecule has 2 heterocycles. The van der Waals surface area contributed by atoms with E-state index in [-0.39, 0.29) is 11.3 Å². The second kappa shape index (κ2) is 4.46. The largest absolute Gasteiger partial charge is 0.307 e. The van der Waals surface area contributed by atoms with Crippen molar-refractivity contribution >= 4 is 22.9 Å². The van der Waals surface area contributed by atoms with Crippen LogP contribution in [0.25, 0.3) is 0 Å². The number of nitrogens with zero attached hydrogens (tertiary/aromatic N) is 2. The van der Waals surface area contributed by atoms with Crippen molar-refractivity contribution in [3.63, 3.8) is 0 Å². The summed E-state index contributed by atoms with van der Waals surface area (Å²) in [7, 11) is 0. The average Bonchev–Trinajstić information content (AvgIpc) is 2.92. The van der Waals surface area contributed by atoms with Gasteiger partial charge in [-0.05, 0) is 17.7 Å². The summed E-state index contributed by atoms with van der Waals surface area (Å²) in [6, 6.07) is 11.7. The van der Waals surface area contributed by atoms with E-state index in [0.29, 0.717) is 11.4 Å². The van der Waals surface area contributed by atoms with E-state index in [1.807, 2.05) is 29.6 Å². The van der Waals surface area contributed by atoms with Crippen LogP contribution in [0.3, 0.4) is 0 Å². The number of thiophene rings is 1. The highest BCUT2D eigenvalue weighted by atomic mass is 32.1. The van der Waals surface area contributed by atoms with Crippen LogP contribution >= 0.6 is 11.3 Å². The van der Waals surface area contributed by atoms with E-state index in [1.54, 1.807) is 11.0 Å². The highest BCUT2D eigenvalue weighted by molar-refractivity contribution is 7.11. The number of hydrogen-bond donors (Lipinski definition) is 0. The number of rotatable bonds is 1. The first-order valence-electron chi connectivity index (χ1n) is 6.43. The van der Waals surface area contributed by atoms with Gasteiger partial charge in [0.15, 0.2) is 0 Å². The van der Waals surface area contributed by atoms with E-state index >= 15 is 0 Å². The Morgan fingerprint density at radius 3 is 2.80 bits per heavy atom. The minimum absolute atomic E-state index is 0.0159. The molecular formula is C16H14N2OS. The van der Waals surface area contributed by atoms with Crippen LogP contribution in [0.5, 0.6) is 0 Å². The number of carbonyl (C=O) groups is 1. The van der Waals surface area contributed by atoms with Crippen LogP contribution in [0.1, 0.15) is 34.6 Å². The van der Waals surface area contributed by atoms with Crippen molar-refractivity contribution in [3.05, 3.63) is 51.7 Å². The number of anilines is 1. The van der Waals surface area contributed by atoms with Gasteiger partial charge >= 0.3 is 0 Å². The maximum absolute atomic E-state index is 12.7. The highest BCUT2D eigenvalue weighted by Crippen LogP contribution is 2.36. The van der Waals surface area contributed by atoms with E-state index in [9.17, 15) is 4.79 Å². The van der Waals surface area contributed by atoms with Crippen LogP contribution in [0, 0.1) is 11.3 Å². The molecule has 0 fully saturated rings. The quantitative estimate of drug-likeness (QED) is 0.802. The van der Waals surface area contributed by atoms with Gasteiger partial charge in [-0.3, -0.25) is 4.79 Å². The normalized spacial score (nSPS) is 16.6. The van der Waals surface area contributed by atoms with Crippen molar-refractivity contribution in [1.29, 1.82) is 5.26 Å². The average molecular weight is 282 g/mol. The van der Waals surface area contributed by atoms with Crippen LogP contribution in [0.15, 0.2) is 35.7 Å². The fraction of sp³-hybridized carbons (Fsp3) is 0.250. The summed E-state index contributed by atoms with van der Waals surface area (Å²) in [6.45, 7) is 4.91. The third kappa shape index (κ3) is 1.91. The van der Waals surface area contributed by atoms with Crippen LogP contribution in [0.2, 0.25) is 0 Å². The molecule has 2 aromatic rings. The molecule has 20 heavy (non-hydrogen) atoms. The van der Waals surface area contributed by atoms with Crippen molar-refractivity contribution in [2.75, 3.05) is 11.4 Å². The molecular weight excluding hydrogens is 268 g/mol. The molecule has 1 aromatic carbocycles. The lowest BCUT2D eigenvalue weighted by Gasteiger charge is -2.39. The van der Waals surface area contributed by atoms with Gasteiger partial charge in [0.1, 0.15) is 10.9 Å². The molecule has 0 saturated carbocycles. The predicted octanol–water partition coefficient (Wildman–Crippen LogP) is 3.56. The second-order valence-corrected chi connectivity index (χ2v) is 6.51. The second-order valence-electron chi connectivity index (χ2n) is 5.60. The van der Waals surface area contributed by atoms with Crippen molar-refractivity contribution in [2.45, 2.75) is 19.3 Å². The standard InChI is InChI=1S/C16H14N2OS/c1-16(2)10-18(11-7-12(8-17)20-9-11)15(19)13-5-3-4-6-14(13)16/h3-7,9H,10H2,1-2H3. The Labute approximate surface area is 122 Å². The number of amides is 1.